The van der Waals surface area contributed by atoms with Gasteiger partial charge in [-0.15, -0.1) is 0 Å². The van der Waals surface area contributed by atoms with E-state index in [1.165, 1.54) is 24.8 Å². The second-order valence-electron chi connectivity index (χ2n) is 4.02. The first kappa shape index (κ1) is 13.2. The molecule has 0 radical (unpaired) electrons. The van der Waals surface area contributed by atoms with Crippen LogP contribution in [0.3, 0.4) is 0 Å². The SMILES string of the molecule is C=C/C(=C\C=C/C)C(C)(CC)CCC. The lowest BCUT2D eigenvalue weighted by atomic mass is 9.76. The standard InChI is InChI=1S/C14H24/c1-6-10-11-13(8-3)14(5,9-4)12-7-2/h6,8,10-11H,3,7,9,12H2,1-2,4-5H3/b10-6-,13-11+. The Morgan fingerprint density at radius 3 is 2.36 bits per heavy atom. The van der Waals surface area contributed by atoms with E-state index >= 15 is 0 Å². The molecule has 0 nitrogen and oxygen atoms in total. The Balaban J connectivity index is 4.85. The molecule has 14 heavy (non-hydrogen) atoms. The Hall–Kier alpha value is -0.780. The molecule has 0 bridgehead atoms. The van der Waals surface area contributed by atoms with Crippen molar-refractivity contribution in [1.82, 2.24) is 0 Å². The normalized spacial score (nSPS) is 17.0. The van der Waals surface area contributed by atoms with Crippen LogP contribution in [0.15, 0.2) is 36.5 Å². The van der Waals surface area contributed by atoms with E-state index in [0.29, 0.717) is 5.41 Å². The van der Waals surface area contributed by atoms with Crippen LogP contribution >= 0.6 is 0 Å². The summed E-state index contributed by atoms with van der Waals surface area (Å²) < 4.78 is 0. The topological polar surface area (TPSA) is 0 Å². The zero-order chi connectivity index (χ0) is 11.0. The Bertz CT molecular complexity index is 220. The first-order valence-electron chi connectivity index (χ1n) is 5.60. The van der Waals surface area contributed by atoms with Gasteiger partial charge in [-0.05, 0) is 30.8 Å². The first-order valence-corrected chi connectivity index (χ1v) is 5.60. The summed E-state index contributed by atoms with van der Waals surface area (Å²) in [7, 11) is 0. The van der Waals surface area contributed by atoms with Crippen LogP contribution in [0, 0.1) is 5.41 Å². The molecule has 0 aromatic rings. The van der Waals surface area contributed by atoms with Gasteiger partial charge in [0.25, 0.3) is 0 Å². The summed E-state index contributed by atoms with van der Waals surface area (Å²) >= 11 is 0. The monoisotopic (exact) mass is 192 g/mol. The molecule has 1 unspecified atom stereocenters. The number of allylic oxidation sites excluding steroid dienone is 5. The zero-order valence-electron chi connectivity index (χ0n) is 10.1. The lowest BCUT2D eigenvalue weighted by Gasteiger charge is -2.29. The van der Waals surface area contributed by atoms with E-state index in [9.17, 15) is 0 Å². The third-order valence-electron chi connectivity index (χ3n) is 2.97. The van der Waals surface area contributed by atoms with Crippen molar-refractivity contribution in [2.75, 3.05) is 0 Å². The lowest BCUT2D eigenvalue weighted by molar-refractivity contribution is 0.355. The highest BCUT2D eigenvalue weighted by atomic mass is 14.3. The molecule has 0 heterocycles. The van der Waals surface area contributed by atoms with E-state index in [1.807, 2.05) is 13.0 Å². The molecule has 0 aliphatic heterocycles. The summed E-state index contributed by atoms with van der Waals surface area (Å²) in [5.74, 6) is 0. The molecular formula is C14H24. The highest BCUT2D eigenvalue weighted by Gasteiger charge is 2.23. The van der Waals surface area contributed by atoms with E-state index in [1.54, 1.807) is 0 Å². The van der Waals surface area contributed by atoms with Crippen LogP contribution in [-0.4, -0.2) is 0 Å². The maximum Gasteiger partial charge on any atom is -0.00782 e. The van der Waals surface area contributed by atoms with Crippen molar-refractivity contribution in [3.8, 4) is 0 Å². The summed E-state index contributed by atoms with van der Waals surface area (Å²) in [6.45, 7) is 12.8. The molecule has 80 valence electrons. The molecule has 0 saturated heterocycles. The second-order valence-corrected chi connectivity index (χ2v) is 4.02. The summed E-state index contributed by atoms with van der Waals surface area (Å²) in [5, 5.41) is 0. The average molecular weight is 192 g/mol. The molecule has 0 heteroatoms. The van der Waals surface area contributed by atoms with Gasteiger partial charge in [-0.1, -0.05) is 58.1 Å². The minimum Gasteiger partial charge on any atom is -0.0988 e. The number of hydrogen-bond donors (Lipinski definition) is 0. The van der Waals surface area contributed by atoms with Crippen molar-refractivity contribution in [3.63, 3.8) is 0 Å². The van der Waals surface area contributed by atoms with Crippen LogP contribution in [0.4, 0.5) is 0 Å². The van der Waals surface area contributed by atoms with Crippen molar-refractivity contribution < 1.29 is 0 Å². The average Bonchev–Trinajstić information content (AvgIpc) is 2.19. The van der Waals surface area contributed by atoms with Gasteiger partial charge in [-0.25, -0.2) is 0 Å². The van der Waals surface area contributed by atoms with Gasteiger partial charge in [0.15, 0.2) is 0 Å². The van der Waals surface area contributed by atoms with Crippen LogP contribution in [0.5, 0.6) is 0 Å². The Morgan fingerprint density at radius 2 is 2.00 bits per heavy atom. The summed E-state index contributed by atoms with van der Waals surface area (Å²) in [5.41, 5.74) is 1.66. The Kier molecular flexibility index (Phi) is 6.27. The predicted molar refractivity (Wildman–Crippen MR) is 66.4 cm³/mol. The molecule has 1 atom stereocenters. The van der Waals surface area contributed by atoms with E-state index in [2.05, 4.69) is 45.6 Å². The second kappa shape index (κ2) is 6.64. The van der Waals surface area contributed by atoms with Crippen LogP contribution < -0.4 is 0 Å². The maximum absolute atomic E-state index is 3.91. The van der Waals surface area contributed by atoms with Crippen molar-refractivity contribution in [3.05, 3.63) is 36.5 Å². The molecule has 0 spiro atoms. The van der Waals surface area contributed by atoms with Crippen LogP contribution in [0.25, 0.3) is 0 Å². The first-order chi connectivity index (χ1) is 6.64. The van der Waals surface area contributed by atoms with Crippen molar-refractivity contribution in [2.24, 2.45) is 5.41 Å². The van der Waals surface area contributed by atoms with Crippen molar-refractivity contribution >= 4 is 0 Å². The molecule has 0 aliphatic rings. The van der Waals surface area contributed by atoms with Crippen LogP contribution in [0.2, 0.25) is 0 Å². The van der Waals surface area contributed by atoms with Gasteiger partial charge in [0.2, 0.25) is 0 Å². The van der Waals surface area contributed by atoms with E-state index < -0.39 is 0 Å². The van der Waals surface area contributed by atoms with Gasteiger partial charge in [0, 0.05) is 0 Å². The smallest absolute Gasteiger partial charge is 0.00782 e. The van der Waals surface area contributed by atoms with Crippen LogP contribution in [-0.2, 0) is 0 Å². The van der Waals surface area contributed by atoms with Gasteiger partial charge in [0.1, 0.15) is 0 Å². The molecule has 0 rings (SSSR count). The van der Waals surface area contributed by atoms with E-state index in [-0.39, 0.29) is 0 Å². The minimum atomic E-state index is 0.302. The van der Waals surface area contributed by atoms with Gasteiger partial charge in [-0.3, -0.25) is 0 Å². The molecule has 0 amide bonds. The maximum atomic E-state index is 3.91. The summed E-state index contributed by atoms with van der Waals surface area (Å²) in [6.07, 6.45) is 12.0. The van der Waals surface area contributed by atoms with E-state index in [0.717, 1.165) is 0 Å². The zero-order valence-corrected chi connectivity index (χ0v) is 10.1. The molecule has 0 aromatic heterocycles. The van der Waals surface area contributed by atoms with E-state index in [4.69, 9.17) is 0 Å². The van der Waals surface area contributed by atoms with Gasteiger partial charge >= 0.3 is 0 Å². The molecule has 0 saturated carbocycles. The molecule has 0 aliphatic carbocycles. The highest BCUT2D eigenvalue weighted by Crippen LogP contribution is 2.36. The van der Waals surface area contributed by atoms with Crippen molar-refractivity contribution in [1.29, 1.82) is 0 Å². The van der Waals surface area contributed by atoms with Gasteiger partial charge < -0.3 is 0 Å². The number of hydrogen-bond acceptors (Lipinski definition) is 0. The third kappa shape index (κ3) is 3.53. The van der Waals surface area contributed by atoms with Crippen molar-refractivity contribution in [2.45, 2.75) is 47.0 Å². The molecule has 0 N–H and O–H groups in total. The van der Waals surface area contributed by atoms with Gasteiger partial charge in [0.05, 0.1) is 0 Å². The minimum absolute atomic E-state index is 0.302. The summed E-state index contributed by atoms with van der Waals surface area (Å²) in [4.78, 5) is 0. The third-order valence-corrected chi connectivity index (χ3v) is 2.97. The number of rotatable bonds is 6. The Morgan fingerprint density at radius 1 is 1.36 bits per heavy atom. The largest absolute Gasteiger partial charge is 0.0988 e. The Labute approximate surface area is 89.4 Å². The van der Waals surface area contributed by atoms with Crippen LogP contribution in [0.1, 0.15) is 47.0 Å². The lowest BCUT2D eigenvalue weighted by Crippen LogP contribution is -2.16. The molecule has 0 fully saturated rings. The fourth-order valence-electron chi connectivity index (χ4n) is 1.79. The predicted octanol–water partition coefficient (Wildman–Crippen LogP) is 4.89. The fraction of sp³-hybridized carbons (Fsp3) is 0.571. The molecule has 0 aromatic carbocycles. The quantitative estimate of drug-likeness (QED) is 0.525. The summed E-state index contributed by atoms with van der Waals surface area (Å²) in [6, 6.07) is 0. The highest BCUT2D eigenvalue weighted by molar-refractivity contribution is 5.28. The van der Waals surface area contributed by atoms with Gasteiger partial charge in [-0.2, -0.15) is 0 Å². The molecular weight excluding hydrogens is 168 g/mol. The fourth-order valence-corrected chi connectivity index (χ4v) is 1.79.